The Morgan fingerprint density at radius 2 is 2.19 bits per heavy atom. The van der Waals surface area contributed by atoms with E-state index in [1.54, 1.807) is 48.8 Å². The summed E-state index contributed by atoms with van der Waals surface area (Å²) in [5, 5.41) is 4.92. The quantitative estimate of drug-likeness (QED) is 0.492. The van der Waals surface area contributed by atoms with Crippen LogP contribution < -0.4 is 20.1 Å². The van der Waals surface area contributed by atoms with E-state index >= 15 is 0 Å². The third kappa shape index (κ3) is 8.29. The van der Waals surface area contributed by atoms with Gasteiger partial charge < -0.3 is 20.1 Å². The first-order valence-corrected chi connectivity index (χ1v) is 10.7. The Morgan fingerprint density at radius 3 is 2.87 bits per heavy atom. The van der Waals surface area contributed by atoms with Crippen LogP contribution in [0.2, 0.25) is 5.02 Å². The summed E-state index contributed by atoms with van der Waals surface area (Å²) < 4.78 is 47.7. The van der Waals surface area contributed by atoms with Gasteiger partial charge in [0.1, 0.15) is 18.0 Å². The van der Waals surface area contributed by atoms with E-state index in [9.17, 15) is 18.0 Å². The average Bonchev–Trinajstić information content (AvgIpc) is 3.42. The monoisotopic (exact) mass is 475 g/mol. The van der Waals surface area contributed by atoms with E-state index in [2.05, 4.69) is 10.3 Å². The number of carbonyl (C=O) groups excluding carboxylic acids is 1. The molecule has 168 valence electrons. The first kappa shape index (κ1) is 23.2. The fourth-order valence-corrected chi connectivity index (χ4v) is 3.27. The molecule has 3 rings (SSSR count). The molecule has 1 aliphatic carbocycles. The van der Waals surface area contributed by atoms with Crippen LogP contribution in [-0.4, -0.2) is 36.4 Å². The summed E-state index contributed by atoms with van der Waals surface area (Å²) in [5.41, 5.74) is 0. The summed E-state index contributed by atoms with van der Waals surface area (Å²) in [4.78, 5) is 16.3. The highest BCUT2D eigenvalue weighted by Crippen LogP contribution is 2.35. The van der Waals surface area contributed by atoms with Gasteiger partial charge in [-0.15, -0.1) is 0 Å². The molecule has 1 fully saturated rings. The largest absolute Gasteiger partial charge is 0.493 e. The highest BCUT2D eigenvalue weighted by atomic mass is 35.5. The lowest BCUT2D eigenvalue weighted by atomic mass is 10.3. The van der Waals surface area contributed by atoms with Crippen molar-refractivity contribution in [2.24, 2.45) is 5.92 Å². The van der Waals surface area contributed by atoms with E-state index in [0.717, 1.165) is 4.88 Å². The standard InChI is InChI=1S/C20H21ClF3N3O3S/c1-12(27-18(28)26-11-20(22,23)24)2-6-15-9-25-19(31-15)30-17-7-5-14(8-16(17)21)29-10-13-3-4-13/h2,5-9,12-13H,3-4,10-11H2,1H3,(H2,26,27,28)/t12-/m0/s1. The van der Waals surface area contributed by atoms with Crippen LogP contribution in [0.25, 0.3) is 6.08 Å². The van der Waals surface area contributed by atoms with Crippen molar-refractivity contribution in [1.29, 1.82) is 0 Å². The smallest absolute Gasteiger partial charge is 0.405 e. The van der Waals surface area contributed by atoms with Crippen LogP contribution in [0.3, 0.4) is 0 Å². The summed E-state index contributed by atoms with van der Waals surface area (Å²) in [7, 11) is 0. The Labute approximate surface area is 186 Å². The van der Waals surface area contributed by atoms with Gasteiger partial charge in [0.2, 0.25) is 0 Å². The van der Waals surface area contributed by atoms with Gasteiger partial charge in [-0.3, -0.25) is 0 Å². The number of ether oxygens (including phenoxy) is 2. The summed E-state index contributed by atoms with van der Waals surface area (Å²) in [6, 6.07) is 3.81. The van der Waals surface area contributed by atoms with Gasteiger partial charge in [-0.25, -0.2) is 9.78 Å². The van der Waals surface area contributed by atoms with Crippen molar-refractivity contribution in [3.05, 3.63) is 40.4 Å². The third-order valence-electron chi connectivity index (χ3n) is 4.14. The molecule has 1 aromatic carbocycles. The molecule has 1 heterocycles. The molecule has 1 aliphatic rings. The van der Waals surface area contributed by atoms with E-state index in [1.807, 2.05) is 0 Å². The van der Waals surface area contributed by atoms with Crippen molar-refractivity contribution in [2.45, 2.75) is 32.0 Å². The van der Waals surface area contributed by atoms with Gasteiger partial charge in [-0.05, 0) is 43.9 Å². The highest BCUT2D eigenvalue weighted by Gasteiger charge is 2.27. The predicted molar refractivity (Wildman–Crippen MR) is 113 cm³/mol. The second-order valence-electron chi connectivity index (χ2n) is 7.07. The van der Waals surface area contributed by atoms with Crippen LogP contribution in [0.1, 0.15) is 24.6 Å². The van der Waals surface area contributed by atoms with Crippen molar-refractivity contribution in [1.82, 2.24) is 15.6 Å². The number of hydrogen-bond donors (Lipinski definition) is 2. The number of rotatable bonds is 9. The first-order chi connectivity index (χ1) is 14.7. The van der Waals surface area contributed by atoms with Crippen LogP contribution in [0.4, 0.5) is 18.0 Å². The van der Waals surface area contributed by atoms with E-state index < -0.39 is 24.8 Å². The molecule has 0 spiro atoms. The van der Waals surface area contributed by atoms with Crippen molar-refractivity contribution in [3.8, 4) is 16.7 Å². The lowest BCUT2D eigenvalue weighted by molar-refractivity contribution is -0.122. The fraction of sp³-hybridized carbons (Fsp3) is 0.400. The van der Waals surface area contributed by atoms with E-state index in [1.165, 1.54) is 24.2 Å². The summed E-state index contributed by atoms with van der Waals surface area (Å²) in [6.45, 7) is 0.936. The normalized spacial score (nSPS) is 15.0. The minimum atomic E-state index is -4.46. The second kappa shape index (κ2) is 10.2. The lowest BCUT2D eigenvalue weighted by Gasteiger charge is -2.12. The number of thiazole rings is 1. The predicted octanol–water partition coefficient (Wildman–Crippen LogP) is 5.64. The van der Waals surface area contributed by atoms with Gasteiger partial charge in [0.05, 0.1) is 16.5 Å². The van der Waals surface area contributed by atoms with Crippen molar-refractivity contribution >= 4 is 35.0 Å². The molecular formula is C20H21ClF3N3O3S. The van der Waals surface area contributed by atoms with Gasteiger partial charge in [0, 0.05) is 18.3 Å². The van der Waals surface area contributed by atoms with Crippen molar-refractivity contribution < 1.29 is 27.4 Å². The van der Waals surface area contributed by atoms with E-state index in [4.69, 9.17) is 21.1 Å². The molecule has 0 unspecified atom stereocenters. The topological polar surface area (TPSA) is 72.5 Å². The van der Waals surface area contributed by atoms with Gasteiger partial charge in [-0.2, -0.15) is 13.2 Å². The summed E-state index contributed by atoms with van der Waals surface area (Å²) >= 11 is 7.51. The molecule has 1 atom stereocenters. The molecule has 1 saturated carbocycles. The third-order valence-corrected chi connectivity index (χ3v) is 5.28. The molecule has 0 bridgehead atoms. The van der Waals surface area contributed by atoms with Crippen LogP contribution in [0, 0.1) is 5.92 Å². The zero-order valence-corrected chi connectivity index (χ0v) is 18.1. The Balaban J connectivity index is 1.48. The number of nitrogens with one attached hydrogen (secondary N) is 2. The van der Waals surface area contributed by atoms with E-state index in [0.29, 0.717) is 34.2 Å². The number of aromatic nitrogens is 1. The van der Waals surface area contributed by atoms with Crippen LogP contribution in [0.5, 0.6) is 16.7 Å². The molecular weight excluding hydrogens is 455 g/mol. The molecule has 0 aliphatic heterocycles. The van der Waals surface area contributed by atoms with Crippen LogP contribution >= 0.6 is 22.9 Å². The fourth-order valence-electron chi connectivity index (χ4n) is 2.37. The molecule has 2 amide bonds. The number of benzene rings is 1. The molecule has 0 saturated heterocycles. The lowest BCUT2D eigenvalue weighted by Crippen LogP contribution is -2.43. The molecule has 2 aromatic rings. The number of amides is 2. The molecule has 31 heavy (non-hydrogen) atoms. The number of hydrogen-bond acceptors (Lipinski definition) is 5. The van der Waals surface area contributed by atoms with Crippen LogP contribution in [0.15, 0.2) is 30.5 Å². The summed E-state index contributed by atoms with van der Waals surface area (Å²) in [6.07, 6.45) is 2.85. The van der Waals surface area contributed by atoms with Gasteiger partial charge >= 0.3 is 12.2 Å². The number of halogens is 4. The summed E-state index contributed by atoms with van der Waals surface area (Å²) in [5.74, 6) is 1.78. The molecule has 0 radical (unpaired) electrons. The van der Waals surface area contributed by atoms with Gasteiger partial charge in [0.25, 0.3) is 5.19 Å². The Kier molecular flexibility index (Phi) is 7.66. The van der Waals surface area contributed by atoms with Crippen LogP contribution in [-0.2, 0) is 0 Å². The zero-order valence-electron chi connectivity index (χ0n) is 16.5. The first-order valence-electron chi connectivity index (χ1n) is 9.53. The minimum absolute atomic E-state index is 0.372. The second-order valence-corrected chi connectivity index (χ2v) is 8.50. The number of alkyl halides is 3. The molecule has 6 nitrogen and oxygen atoms in total. The average molecular weight is 476 g/mol. The maximum absolute atomic E-state index is 12.1. The highest BCUT2D eigenvalue weighted by molar-refractivity contribution is 7.14. The Hall–Kier alpha value is -2.46. The molecule has 11 heteroatoms. The number of carbonyl (C=O) groups is 1. The molecule has 2 N–H and O–H groups in total. The SMILES string of the molecule is C[C@@H](C=Cc1cnc(Oc2ccc(OCC3CC3)cc2Cl)s1)NC(=O)NCC(F)(F)F. The maximum atomic E-state index is 12.1. The zero-order chi connectivity index (χ0) is 22.4. The van der Waals surface area contributed by atoms with Crippen molar-refractivity contribution in [2.75, 3.05) is 13.2 Å². The van der Waals surface area contributed by atoms with Crippen molar-refractivity contribution in [3.63, 3.8) is 0 Å². The van der Waals surface area contributed by atoms with Gasteiger partial charge in [0.15, 0.2) is 0 Å². The maximum Gasteiger partial charge on any atom is 0.405 e. The number of urea groups is 1. The van der Waals surface area contributed by atoms with E-state index in [-0.39, 0.29) is 0 Å². The number of nitrogens with zero attached hydrogens (tertiary/aromatic N) is 1. The Morgan fingerprint density at radius 1 is 1.42 bits per heavy atom. The van der Waals surface area contributed by atoms with Gasteiger partial charge in [-0.1, -0.05) is 29.0 Å². The minimum Gasteiger partial charge on any atom is -0.493 e. The molecule has 1 aromatic heterocycles. The Bertz CT molecular complexity index is 932.